The predicted octanol–water partition coefficient (Wildman–Crippen LogP) is 6.59. The second kappa shape index (κ2) is 8.06. The number of rotatable bonds is 4. The summed E-state index contributed by atoms with van der Waals surface area (Å²) in [6, 6.07) is 6.59. The van der Waals surface area contributed by atoms with Crippen LogP contribution in [0.15, 0.2) is 39.0 Å². The number of hydrogen-bond acceptors (Lipinski definition) is 4. The Morgan fingerprint density at radius 3 is 2.56 bits per heavy atom. The fourth-order valence-corrected chi connectivity index (χ4v) is 4.00. The number of carbonyl (C=O) groups is 1. The lowest BCUT2D eigenvalue weighted by Crippen LogP contribution is -2.08. The van der Waals surface area contributed by atoms with Crippen LogP contribution in [0.1, 0.15) is 5.56 Å². The first kappa shape index (κ1) is 19.9. The molecule has 0 saturated heterocycles. The van der Waals surface area contributed by atoms with E-state index < -0.39 is 12.5 Å². The number of amides is 1. The summed E-state index contributed by atoms with van der Waals surface area (Å²) < 4.78 is 6.07. The number of H-pyrrole nitrogens is 1. The van der Waals surface area contributed by atoms with Gasteiger partial charge in [-0.2, -0.15) is 0 Å². The van der Waals surface area contributed by atoms with Crippen LogP contribution in [-0.2, 0) is 4.79 Å². The van der Waals surface area contributed by atoms with Crippen molar-refractivity contribution in [3.05, 3.63) is 49.4 Å². The summed E-state index contributed by atoms with van der Waals surface area (Å²) in [6.07, 6.45) is 0. The SMILES string of the molecule is Cc1cc(Br)c2[nH]c(O)c(N=NC(=O)COc3c(Cl)cc(Cl)cc3Cl)c2c1. The monoisotopic (exact) mass is 489 g/mol. The third-order valence-electron chi connectivity index (χ3n) is 3.52. The molecule has 0 fully saturated rings. The highest BCUT2D eigenvalue weighted by atomic mass is 79.9. The Bertz CT molecular complexity index is 1060. The number of carbonyl (C=O) groups excluding carboxylic acids is 1. The van der Waals surface area contributed by atoms with Crippen molar-refractivity contribution in [1.82, 2.24) is 4.98 Å². The first-order valence-corrected chi connectivity index (χ1v) is 9.41. The van der Waals surface area contributed by atoms with Gasteiger partial charge in [-0.25, -0.2) is 0 Å². The standard InChI is InChI=1S/C17H11BrCl3N3O3/c1-7-2-9-14(10(18)3-7)22-17(26)15(9)24-23-13(25)6-27-16-11(20)4-8(19)5-12(16)21/h2-5,22,26H,6H2,1H3. The molecule has 0 spiro atoms. The molecule has 3 rings (SSSR count). The van der Waals surface area contributed by atoms with Crippen molar-refractivity contribution in [1.29, 1.82) is 0 Å². The third kappa shape index (κ3) is 4.38. The molecule has 6 nitrogen and oxygen atoms in total. The number of nitrogens with one attached hydrogen (secondary N) is 1. The molecule has 0 aliphatic carbocycles. The third-order valence-corrected chi connectivity index (χ3v) is 4.93. The molecule has 1 aromatic heterocycles. The van der Waals surface area contributed by atoms with E-state index in [-0.39, 0.29) is 27.4 Å². The number of hydrogen-bond donors (Lipinski definition) is 2. The molecule has 0 saturated carbocycles. The Morgan fingerprint density at radius 1 is 1.22 bits per heavy atom. The minimum Gasteiger partial charge on any atom is -0.493 e. The summed E-state index contributed by atoms with van der Waals surface area (Å²) in [4.78, 5) is 14.8. The van der Waals surface area contributed by atoms with Crippen molar-refractivity contribution in [2.45, 2.75) is 6.92 Å². The number of nitrogens with zero attached hydrogens (tertiary/aromatic N) is 2. The van der Waals surface area contributed by atoms with Gasteiger partial charge < -0.3 is 14.8 Å². The Morgan fingerprint density at radius 2 is 1.89 bits per heavy atom. The van der Waals surface area contributed by atoms with Crippen molar-refractivity contribution < 1.29 is 14.6 Å². The summed E-state index contributed by atoms with van der Waals surface area (Å²) in [5.74, 6) is -0.754. The average Bonchev–Trinajstić information content (AvgIpc) is 2.88. The quantitative estimate of drug-likeness (QED) is 0.404. The van der Waals surface area contributed by atoms with Crippen LogP contribution in [0.25, 0.3) is 10.9 Å². The Hall–Kier alpha value is -1.80. The van der Waals surface area contributed by atoms with E-state index in [0.717, 1.165) is 10.0 Å². The molecule has 0 atom stereocenters. The van der Waals surface area contributed by atoms with Crippen molar-refractivity contribution in [3.63, 3.8) is 0 Å². The van der Waals surface area contributed by atoms with Gasteiger partial charge in [-0.3, -0.25) is 4.79 Å². The Labute approximate surface area is 177 Å². The lowest BCUT2D eigenvalue weighted by atomic mass is 10.1. The topological polar surface area (TPSA) is 87.0 Å². The van der Waals surface area contributed by atoms with Gasteiger partial charge in [-0.15, -0.1) is 10.2 Å². The van der Waals surface area contributed by atoms with E-state index in [1.54, 1.807) is 0 Å². The molecule has 1 amide bonds. The van der Waals surface area contributed by atoms with Crippen molar-refractivity contribution in [2.24, 2.45) is 10.2 Å². The molecule has 3 aromatic rings. The van der Waals surface area contributed by atoms with Crippen LogP contribution >= 0.6 is 50.7 Å². The molecule has 2 aromatic carbocycles. The van der Waals surface area contributed by atoms with Gasteiger partial charge in [0.1, 0.15) is 0 Å². The molecule has 27 heavy (non-hydrogen) atoms. The molecule has 0 aliphatic rings. The Balaban J connectivity index is 1.78. The second-order valence-electron chi connectivity index (χ2n) is 5.57. The highest BCUT2D eigenvalue weighted by Crippen LogP contribution is 2.39. The van der Waals surface area contributed by atoms with Gasteiger partial charge >= 0.3 is 5.91 Å². The lowest BCUT2D eigenvalue weighted by molar-refractivity contribution is -0.120. The van der Waals surface area contributed by atoms with Crippen molar-refractivity contribution in [2.75, 3.05) is 6.61 Å². The number of aromatic nitrogens is 1. The van der Waals surface area contributed by atoms with Gasteiger partial charge in [0.2, 0.25) is 5.88 Å². The fourth-order valence-electron chi connectivity index (χ4n) is 2.40. The maximum atomic E-state index is 12.0. The number of ether oxygens (including phenoxy) is 1. The number of fused-ring (bicyclic) bond motifs is 1. The number of aromatic amines is 1. The molecular weight excluding hydrogens is 480 g/mol. The first-order chi connectivity index (χ1) is 12.8. The molecule has 2 N–H and O–H groups in total. The van der Waals surface area contributed by atoms with E-state index in [2.05, 4.69) is 31.1 Å². The number of aromatic hydroxyl groups is 1. The van der Waals surface area contributed by atoms with E-state index in [4.69, 9.17) is 39.5 Å². The van der Waals surface area contributed by atoms with Crippen LogP contribution in [0.5, 0.6) is 11.6 Å². The summed E-state index contributed by atoms with van der Waals surface area (Å²) in [6.45, 7) is 1.46. The maximum Gasteiger partial charge on any atom is 0.302 e. The smallest absolute Gasteiger partial charge is 0.302 e. The molecular formula is C17H11BrCl3N3O3. The summed E-state index contributed by atoms with van der Waals surface area (Å²) in [5, 5.41) is 18.8. The van der Waals surface area contributed by atoms with E-state index in [9.17, 15) is 9.90 Å². The van der Waals surface area contributed by atoms with Crippen LogP contribution in [0.4, 0.5) is 5.69 Å². The first-order valence-electron chi connectivity index (χ1n) is 7.49. The number of benzene rings is 2. The summed E-state index contributed by atoms with van der Waals surface area (Å²) >= 11 is 21.2. The van der Waals surface area contributed by atoms with Gasteiger partial charge in [0, 0.05) is 14.9 Å². The number of halogens is 4. The molecule has 0 aliphatic heterocycles. The van der Waals surface area contributed by atoms with Gasteiger partial charge in [0.25, 0.3) is 0 Å². The highest BCUT2D eigenvalue weighted by molar-refractivity contribution is 9.10. The largest absolute Gasteiger partial charge is 0.493 e. The normalized spacial score (nSPS) is 11.4. The molecule has 0 unspecified atom stereocenters. The number of azo groups is 1. The second-order valence-corrected chi connectivity index (χ2v) is 7.68. The zero-order valence-corrected chi connectivity index (χ0v) is 17.5. The lowest BCUT2D eigenvalue weighted by Gasteiger charge is -2.08. The average molecular weight is 492 g/mol. The molecule has 1 heterocycles. The van der Waals surface area contributed by atoms with Crippen molar-refractivity contribution in [3.8, 4) is 11.6 Å². The molecule has 0 radical (unpaired) electrons. The van der Waals surface area contributed by atoms with Crippen molar-refractivity contribution >= 4 is 73.2 Å². The van der Waals surface area contributed by atoms with Gasteiger partial charge in [-0.05, 0) is 52.7 Å². The predicted molar refractivity (Wildman–Crippen MR) is 109 cm³/mol. The fraction of sp³-hybridized carbons (Fsp3) is 0.118. The highest BCUT2D eigenvalue weighted by Gasteiger charge is 2.15. The molecule has 0 bridgehead atoms. The minimum atomic E-state index is -0.683. The molecule has 10 heteroatoms. The van der Waals surface area contributed by atoms with Gasteiger partial charge in [-0.1, -0.05) is 34.8 Å². The zero-order valence-electron chi connectivity index (χ0n) is 13.7. The van der Waals surface area contributed by atoms with Gasteiger partial charge in [0.15, 0.2) is 18.0 Å². The Kier molecular flexibility index (Phi) is 5.95. The minimum absolute atomic E-state index is 0.126. The maximum absolute atomic E-state index is 12.0. The van der Waals surface area contributed by atoms with E-state index in [1.165, 1.54) is 12.1 Å². The van der Waals surface area contributed by atoms with Crippen LogP contribution in [0.2, 0.25) is 15.1 Å². The van der Waals surface area contributed by atoms with Gasteiger partial charge in [0.05, 0.1) is 15.6 Å². The number of aryl methyl sites for hydroxylation is 1. The van der Waals surface area contributed by atoms with E-state index >= 15 is 0 Å². The van der Waals surface area contributed by atoms with E-state index in [1.807, 2.05) is 19.1 Å². The van der Waals surface area contributed by atoms with Crippen LogP contribution in [0, 0.1) is 6.92 Å². The van der Waals surface area contributed by atoms with Crippen LogP contribution in [0.3, 0.4) is 0 Å². The summed E-state index contributed by atoms with van der Waals surface area (Å²) in [5.41, 5.74) is 1.76. The zero-order chi connectivity index (χ0) is 19.7. The van der Waals surface area contributed by atoms with E-state index in [0.29, 0.717) is 15.9 Å². The van der Waals surface area contributed by atoms with Crippen LogP contribution < -0.4 is 4.74 Å². The molecule has 140 valence electrons. The summed E-state index contributed by atoms with van der Waals surface area (Å²) in [7, 11) is 0. The van der Waals surface area contributed by atoms with Crippen LogP contribution in [-0.4, -0.2) is 22.6 Å².